The average Bonchev–Trinajstić information content (AvgIpc) is 2.19. The smallest absolute Gasteiger partial charge is 0.189 e. The van der Waals surface area contributed by atoms with Crippen LogP contribution in [0.2, 0.25) is 0 Å². The summed E-state index contributed by atoms with van der Waals surface area (Å²) < 4.78 is 1.80. The van der Waals surface area contributed by atoms with Crippen LogP contribution >= 0.6 is 31.9 Å². The summed E-state index contributed by atoms with van der Waals surface area (Å²) in [7, 11) is 0. The molecule has 0 amide bonds. The molecule has 4 heteroatoms. The van der Waals surface area contributed by atoms with Crippen molar-refractivity contribution in [1.29, 1.82) is 0 Å². The van der Waals surface area contributed by atoms with E-state index in [4.69, 9.17) is 0 Å². The summed E-state index contributed by atoms with van der Waals surface area (Å²) in [5.74, 6) is 0.313. The first kappa shape index (κ1) is 11.9. The molecule has 0 aliphatic carbocycles. The van der Waals surface area contributed by atoms with Crippen molar-refractivity contribution in [1.82, 2.24) is 4.98 Å². The maximum Gasteiger partial charge on any atom is 0.189 e. The predicted molar refractivity (Wildman–Crippen MR) is 74.1 cm³/mol. The second-order valence-corrected chi connectivity index (χ2v) is 5.82. The van der Waals surface area contributed by atoms with E-state index in [1.54, 1.807) is 6.07 Å². The third kappa shape index (κ3) is 2.09. The molecule has 2 rings (SSSR count). The molecule has 0 saturated heterocycles. The fourth-order valence-corrected chi connectivity index (χ4v) is 2.93. The fraction of sp³-hybridized carbons (Fsp3) is 0.250. The molecule has 2 aromatic rings. The Bertz CT molecular complexity index is 602. The number of fused-ring (bicyclic) bond motifs is 1. The van der Waals surface area contributed by atoms with E-state index in [1.807, 2.05) is 12.1 Å². The normalized spacial score (nSPS) is 11.3. The van der Waals surface area contributed by atoms with Crippen LogP contribution in [0.1, 0.15) is 25.5 Å². The van der Waals surface area contributed by atoms with Gasteiger partial charge in [0.15, 0.2) is 5.43 Å². The van der Waals surface area contributed by atoms with Crippen molar-refractivity contribution in [2.24, 2.45) is 0 Å². The number of benzene rings is 1. The zero-order valence-corrected chi connectivity index (χ0v) is 12.1. The Morgan fingerprint density at radius 1 is 1.19 bits per heavy atom. The summed E-state index contributed by atoms with van der Waals surface area (Å²) in [4.78, 5) is 15.2. The maximum atomic E-state index is 11.9. The molecule has 0 fully saturated rings. The molecule has 16 heavy (non-hydrogen) atoms. The molecule has 1 heterocycles. The summed E-state index contributed by atoms with van der Waals surface area (Å²) in [5.41, 5.74) is 1.87. The Morgan fingerprint density at radius 3 is 2.50 bits per heavy atom. The van der Waals surface area contributed by atoms with Gasteiger partial charge < -0.3 is 4.98 Å². The number of H-pyrrole nitrogens is 1. The van der Waals surface area contributed by atoms with E-state index in [-0.39, 0.29) is 5.43 Å². The van der Waals surface area contributed by atoms with Gasteiger partial charge in [-0.1, -0.05) is 29.8 Å². The van der Waals surface area contributed by atoms with Crippen molar-refractivity contribution in [3.8, 4) is 0 Å². The molecular formula is C12H11Br2NO. The van der Waals surface area contributed by atoms with Crippen LogP contribution in [-0.2, 0) is 0 Å². The van der Waals surface area contributed by atoms with E-state index in [1.165, 1.54) is 0 Å². The number of aromatic nitrogens is 1. The molecule has 0 radical (unpaired) electrons. The summed E-state index contributed by atoms with van der Waals surface area (Å²) in [6.07, 6.45) is 0. The predicted octanol–water partition coefficient (Wildman–Crippen LogP) is 4.18. The van der Waals surface area contributed by atoms with Crippen LogP contribution in [-0.4, -0.2) is 4.98 Å². The number of aromatic amines is 1. The number of halogens is 2. The van der Waals surface area contributed by atoms with Gasteiger partial charge in [-0.05, 0) is 34.0 Å². The lowest BCUT2D eigenvalue weighted by atomic mass is 10.1. The van der Waals surface area contributed by atoms with Crippen LogP contribution in [0, 0.1) is 0 Å². The lowest BCUT2D eigenvalue weighted by Crippen LogP contribution is -2.06. The Morgan fingerprint density at radius 2 is 1.88 bits per heavy atom. The molecule has 0 aliphatic rings. The second kappa shape index (κ2) is 4.34. The molecule has 0 saturated carbocycles. The first-order chi connectivity index (χ1) is 7.49. The van der Waals surface area contributed by atoms with E-state index < -0.39 is 0 Å². The number of rotatable bonds is 1. The minimum absolute atomic E-state index is 0.0550. The van der Waals surface area contributed by atoms with Gasteiger partial charge in [0.25, 0.3) is 0 Å². The molecule has 0 aliphatic heterocycles. The van der Waals surface area contributed by atoms with Gasteiger partial charge in [0.2, 0.25) is 0 Å². The van der Waals surface area contributed by atoms with E-state index in [2.05, 4.69) is 50.7 Å². The molecule has 0 bridgehead atoms. The maximum absolute atomic E-state index is 11.9. The van der Waals surface area contributed by atoms with Crippen molar-refractivity contribution in [2.45, 2.75) is 19.8 Å². The highest BCUT2D eigenvalue weighted by atomic mass is 79.9. The Labute approximate surface area is 110 Å². The van der Waals surface area contributed by atoms with Crippen LogP contribution in [0.25, 0.3) is 10.9 Å². The molecule has 2 nitrogen and oxygen atoms in total. The van der Waals surface area contributed by atoms with Crippen LogP contribution in [0.5, 0.6) is 0 Å². The number of hydrogen-bond acceptors (Lipinski definition) is 1. The minimum Gasteiger partial charge on any atom is -0.357 e. The standard InChI is InChI=1S/C12H11Br2NO/c1-6(2)10-5-11(16)8-3-7(13)4-9(14)12(8)15-10/h3-6H,1-2H3,(H,15,16). The van der Waals surface area contributed by atoms with Gasteiger partial charge in [0.05, 0.1) is 5.52 Å². The highest BCUT2D eigenvalue weighted by molar-refractivity contribution is 9.11. The zero-order valence-electron chi connectivity index (χ0n) is 8.97. The Balaban J connectivity index is 2.87. The minimum atomic E-state index is 0.0550. The highest BCUT2D eigenvalue weighted by Gasteiger charge is 2.08. The van der Waals surface area contributed by atoms with Gasteiger partial charge in [-0.25, -0.2) is 0 Å². The third-order valence-corrected chi connectivity index (χ3v) is 3.58. The van der Waals surface area contributed by atoms with Crippen molar-refractivity contribution >= 4 is 42.8 Å². The molecule has 0 spiro atoms. The lowest BCUT2D eigenvalue weighted by Gasteiger charge is -2.08. The summed E-state index contributed by atoms with van der Waals surface area (Å²) >= 11 is 6.85. The number of nitrogens with one attached hydrogen (secondary N) is 1. The van der Waals surface area contributed by atoms with E-state index in [9.17, 15) is 4.79 Å². The third-order valence-electron chi connectivity index (χ3n) is 2.50. The average molecular weight is 345 g/mol. The summed E-state index contributed by atoms with van der Waals surface area (Å²) in [6, 6.07) is 5.44. The van der Waals surface area contributed by atoms with Crippen molar-refractivity contribution in [3.63, 3.8) is 0 Å². The van der Waals surface area contributed by atoms with Crippen LogP contribution in [0.15, 0.2) is 31.9 Å². The first-order valence-electron chi connectivity index (χ1n) is 5.01. The van der Waals surface area contributed by atoms with Gasteiger partial charge in [-0.2, -0.15) is 0 Å². The molecule has 1 aromatic carbocycles. The molecule has 0 unspecified atom stereocenters. The molecule has 0 atom stereocenters. The molecule has 84 valence electrons. The SMILES string of the molecule is CC(C)c1cc(=O)c2cc(Br)cc(Br)c2[nH]1. The summed E-state index contributed by atoms with van der Waals surface area (Å²) in [5, 5.41) is 0.700. The largest absolute Gasteiger partial charge is 0.357 e. The monoisotopic (exact) mass is 343 g/mol. The van der Waals surface area contributed by atoms with Crippen molar-refractivity contribution in [2.75, 3.05) is 0 Å². The van der Waals surface area contributed by atoms with Crippen LogP contribution in [0.4, 0.5) is 0 Å². The fourth-order valence-electron chi connectivity index (χ4n) is 1.61. The quantitative estimate of drug-likeness (QED) is 0.827. The van der Waals surface area contributed by atoms with Crippen molar-refractivity contribution < 1.29 is 0 Å². The van der Waals surface area contributed by atoms with Crippen LogP contribution < -0.4 is 5.43 Å². The van der Waals surface area contributed by atoms with E-state index in [0.717, 1.165) is 20.2 Å². The molecular weight excluding hydrogens is 334 g/mol. The summed E-state index contributed by atoms with van der Waals surface area (Å²) in [6.45, 7) is 4.12. The lowest BCUT2D eigenvalue weighted by molar-refractivity contribution is 0.828. The van der Waals surface area contributed by atoms with Gasteiger partial charge in [0.1, 0.15) is 0 Å². The zero-order chi connectivity index (χ0) is 11.9. The van der Waals surface area contributed by atoms with Gasteiger partial charge in [-0.3, -0.25) is 4.79 Å². The number of hydrogen-bond donors (Lipinski definition) is 1. The topological polar surface area (TPSA) is 32.9 Å². The van der Waals surface area contributed by atoms with Gasteiger partial charge in [-0.15, -0.1) is 0 Å². The molecule has 1 N–H and O–H groups in total. The number of pyridine rings is 1. The van der Waals surface area contributed by atoms with E-state index >= 15 is 0 Å². The van der Waals surface area contributed by atoms with E-state index in [0.29, 0.717) is 11.3 Å². The Kier molecular flexibility index (Phi) is 3.22. The van der Waals surface area contributed by atoms with Gasteiger partial charge >= 0.3 is 0 Å². The second-order valence-electron chi connectivity index (χ2n) is 4.05. The first-order valence-corrected chi connectivity index (χ1v) is 6.59. The van der Waals surface area contributed by atoms with Gasteiger partial charge in [0, 0.05) is 26.1 Å². The van der Waals surface area contributed by atoms with Crippen molar-refractivity contribution in [3.05, 3.63) is 43.1 Å². The Hall–Kier alpha value is -0.610. The van der Waals surface area contributed by atoms with Crippen LogP contribution in [0.3, 0.4) is 0 Å². The highest BCUT2D eigenvalue weighted by Crippen LogP contribution is 2.26. The molecule has 1 aromatic heterocycles.